The highest BCUT2D eigenvalue weighted by Gasteiger charge is 2.29. The Morgan fingerprint density at radius 3 is 2.41 bits per heavy atom. The first kappa shape index (κ1) is 22.2. The van der Waals surface area contributed by atoms with E-state index in [-0.39, 0.29) is 6.29 Å². The van der Waals surface area contributed by atoms with Crippen molar-refractivity contribution in [1.29, 1.82) is 0 Å². The van der Waals surface area contributed by atoms with Crippen LogP contribution in [0.25, 0.3) is 0 Å². The fourth-order valence-electron chi connectivity index (χ4n) is 4.18. The number of hydrogen-bond acceptors (Lipinski definition) is 5. The van der Waals surface area contributed by atoms with Crippen molar-refractivity contribution in [3.8, 4) is 5.75 Å². The molecule has 0 saturated heterocycles. The van der Waals surface area contributed by atoms with Crippen LogP contribution in [-0.4, -0.2) is 39.2 Å². The largest absolute Gasteiger partial charge is 0.488 e. The van der Waals surface area contributed by atoms with E-state index in [1.807, 2.05) is 13.8 Å². The summed E-state index contributed by atoms with van der Waals surface area (Å²) in [5, 5.41) is 0. The molecular formula is C22H38N2O3. The number of rotatable bonds is 13. The molecule has 1 aliphatic carbocycles. The Labute approximate surface area is 164 Å². The Kier molecular flexibility index (Phi) is 10.1. The standard InChI is InChI=1S/C22H38N2O3/c1-3-25-22(26-4-2)16-27-19-11-12-21-18(15-19)10-9-17(7-5-13-23)20(21)8-6-14-24/h11-12,15,17,20,22H,3-10,13-14,16,23-24H2,1-2H3. The summed E-state index contributed by atoms with van der Waals surface area (Å²) in [5.74, 6) is 2.22. The number of hydrogen-bond donors (Lipinski definition) is 2. The summed E-state index contributed by atoms with van der Waals surface area (Å²) in [7, 11) is 0. The fraction of sp³-hybridized carbons (Fsp3) is 0.727. The molecule has 2 rings (SSSR count). The molecule has 4 N–H and O–H groups in total. The van der Waals surface area contributed by atoms with Crippen LogP contribution in [0.2, 0.25) is 0 Å². The van der Waals surface area contributed by atoms with Crippen molar-refractivity contribution < 1.29 is 14.2 Å². The van der Waals surface area contributed by atoms with Crippen molar-refractivity contribution in [2.24, 2.45) is 17.4 Å². The van der Waals surface area contributed by atoms with Crippen LogP contribution in [0.3, 0.4) is 0 Å². The minimum absolute atomic E-state index is 0.311. The maximum atomic E-state index is 5.96. The molecule has 0 aliphatic heterocycles. The van der Waals surface area contributed by atoms with Gasteiger partial charge < -0.3 is 25.7 Å². The molecule has 5 heteroatoms. The zero-order chi connectivity index (χ0) is 19.5. The molecule has 2 atom stereocenters. The fourth-order valence-corrected chi connectivity index (χ4v) is 4.18. The first-order chi connectivity index (χ1) is 13.2. The van der Waals surface area contributed by atoms with Crippen molar-refractivity contribution >= 4 is 0 Å². The predicted molar refractivity (Wildman–Crippen MR) is 110 cm³/mol. The maximum Gasteiger partial charge on any atom is 0.191 e. The zero-order valence-corrected chi connectivity index (χ0v) is 17.1. The SMILES string of the molecule is CCOC(COc1ccc2c(c1)CCC(CCCN)C2CCCN)OCC. The van der Waals surface area contributed by atoms with Crippen molar-refractivity contribution in [2.75, 3.05) is 32.9 Å². The van der Waals surface area contributed by atoms with Crippen molar-refractivity contribution in [2.45, 2.75) is 64.6 Å². The molecule has 2 unspecified atom stereocenters. The van der Waals surface area contributed by atoms with Gasteiger partial charge in [0.15, 0.2) is 6.29 Å². The summed E-state index contributed by atoms with van der Waals surface area (Å²) in [6.45, 7) is 7.11. The number of ether oxygens (including phenoxy) is 3. The second-order valence-corrected chi connectivity index (χ2v) is 7.28. The average molecular weight is 379 g/mol. The van der Waals surface area contributed by atoms with E-state index in [2.05, 4.69) is 18.2 Å². The molecule has 0 fully saturated rings. The zero-order valence-electron chi connectivity index (χ0n) is 17.1. The Hall–Kier alpha value is -1.14. The van der Waals surface area contributed by atoms with E-state index in [9.17, 15) is 0 Å². The topological polar surface area (TPSA) is 79.7 Å². The Bertz CT molecular complexity index is 532. The molecule has 0 radical (unpaired) electrons. The van der Waals surface area contributed by atoms with E-state index in [0.717, 1.165) is 50.4 Å². The molecule has 5 nitrogen and oxygen atoms in total. The van der Waals surface area contributed by atoms with Gasteiger partial charge in [-0.05, 0) is 101 Å². The Balaban J connectivity index is 2.06. The second kappa shape index (κ2) is 12.3. The highest BCUT2D eigenvalue weighted by atomic mass is 16.7. The van der Waals surface area contributed by atoms with Crippen LogP contribution in [0.5, 0.6) is 5.75 Å². The van der Waals surface area contributed by atoms with E-state index in [1.54, 1.807) is 0 Å². The summed E-state index contributed by atoms with van der Waals surface area (Å²) in [6, 6.07) is 6.56. The summed E-state index contributed by atoms with van der Waals surface area (Å²) in [6.07, 6.45) is 6.59. The third-order valence-electron chi connectivity index (χ3n) is 5.46. The lowest BCUT2D eigenvalue weighted by atomic mass is 9.71. The maximum absolute atomic E-state index is 5.96. The number of benzene rings is 1. The van der Waals surface area contributed by atoms with Crippen LogP contribution < -0.4 is 16.2 Å². The lowest BCUT2D eigenvalue weighted by Crippen LogP contribution is -2.25. The molecule has 0 amide bonds. The number of nitrogens with two attached hydrogens (primary N) is 2. The van der Waals surface area contributed by atoms with Crippen molar-refractivity contribution in [3.63, 3.8) is 0 Å². The molecule has 154 valence electrons. The quantitative estimate of drug-likeness (QED) is 0.513. The van der Waals surface area contributed by atoms with Gasteiger partial charge in [0.1, 0.15) is 12.4 Å². The van der Waals surface area contributed by atoms with Gasteiger partial charge in [0.05, 0.1) is 0 Å². The highest BCUT2D eigenvalue weighted by molar-refractivity contribution is 5.40. The van der Waals surface area contributed by atoms with Gasteiger partial charge in [0.25, 0.3) is 0 Å². The smallest absolute Gasteiger partial charge is 0.191 e. The van der Waals surface area contributed by atoms with Gasteiger partial charge in [-0.15, -0.1) is 0 Å². The van der Waals surface area contributed by atoms with E-state index < -0.39 is 0 Å². The van der Waals surface area contributed by atoms with Crippen LogP contribution in [-0.2, 0) is 15.9 Å². The third-order valence-corrected chi connectivity index (χ3v) is 5.46. The normalized spacial score (nSPS) is 19.3. The molecule has 0 heterocycles. The van der Waals surface area contributed by atoms with Crippen molar-refractivity contribution in [1.82, 2.24) is 0 Å². The van der Waals surface area contributed by atoms with Crippen LogP contribution in [0.4, 0.5) is 0 Å². The Morgan fingerprint density at radius 1 is 1.04 bits per heavy atom. The minimum Gasteiger partial charge on any atom is -0.488 e. The van der Waals surface area contributed by atoms with Crippen LogP contribution in [0.15, 0.2) is 18.2 Å². The average Bonchev–Trinajstić information content (AvgIpc) is 2.69. The third kappa shape index (κ3) is 6.75. The van der Waals surface area contributed by atoms with Gasteiger partial charge in [-0.25, -0.2) is 0 Å². The molecule has 27 heavy (non-hydrogen) atoms. The molecule has 0 aromatic heterocycles. The molecule has 0 spiro atoms. The van der Waals surface area contributed by atoms with Gasteiger partial charge in [0, 0.05) is 13.2 Å². The summed E-state index contributed by atoms with van der Waals surface area (Å²) < 4.78 is 17.1. The number of fused-ring (bicyclic) bond motifs is 1. The van der Waals surface area contributed by atoms with Gasteiger partial charge >= 0.3 is 0 Å². The minimum atomic E-state index is -0.311. The van der Waals surface area contributed by atoms with E-state index in [4.69, 9.17) is 25.7 Å². The molecule has 1 aliphatic rings. The van der Waals surface area contributed by atoms with Crippen molar-refractivity contribution in [3.05, 3.63) is 29.3 Å². The van der Waals surface area contributed by atoms with Gasteiger partial charge in [-0.2, -0.15) is 0 Å². The molecular weight excluding hydrogens is 340 g/mol. The highest BCUT2D eigenvalue weighted by Crippen LogP contribution is 2.42. The van der Waals surface area contributed by atoms with Gasteiger partial charge in [-0.1, -0.05) is 6.07 Å². The summed E-state index contributed by atoms with van der Waals surface area (Å²) in [5.41, 5.74) is 14.4. The molecule has 0 saturated carbocycles. The molecule has 0 bridgehead atoms. The second-order valence-electron chi connectivity index (χ2n) is 7.28. The van der Waals surface area contributed by atoms with E-state index in [0.29, 0.717) is 25.7 Å². The number of aryl methyl sites for hydroxylation is 1. The van der Waals surface area contributed by atoms with Crippen LogP contribution in [0, 0.1) is 5.92 Å². The van der Waals surface area contributed by atoms with Crippen LogP contribution in [0.1, 0.15) is 63.0 Å². The van der Waals surface area contributed by atoms with Gasteiger partial charge in [-0.3, -0.25) is 0 Å². The molecule has 1 aromatic carbocycles. The van der Waals surface area contributed by atoms with E-state index >= 15 is 0 Å². The monoisotopic (exact) mass is 378 g/mol. The lowest BCUT2D eigenvalue weighted by Gasteiger charge is -2.34. The summed E-state index contributed by atoms with van der Waals surface area (Å²) in [4.78, 5) is 0. The first-order valence-corrected chi connectivity index (χ1v) is 10.6. The van der Waals surface area contributed by atoms with Crippen LogP contribution >= 0.6 is 0 Å². The van der Waals surface area contributed by atoms with E-state index in [1.165, 1.54) is 24.0 Å². The summed E-state index contributed by atoms with van der Waals surface area (Å²) >= 11 is 0. The lowest BCUT2D eigenvalue weighted by molar-refractivity contribution is -0.152. The molecule has 1 aromatic rings. The Morgan fingerprint density at radius 2 is 1.74 bits per heavy atom. The van der Waals surface area contributed by atoms with Gasteiger partial charge in [0.2, 0.25) is 0 Å². The first-order valence-electron chi connectivity index (χ1n) is 10.6. The predicted octanol–water partition coefficient (Wildman–Crippen LogP) is 3.59.